The lowest BCUT2D eigenvalue weighted by Gasteiger charge is -2.44. The maximum atomic E-state index is 11.7. The lowest BCUT2D eigenvalue weighted by molar-refractivity contribution is -0.308. The van der Waals surface area contributed by atoms with Gasteiger partial charge in [0.15, 0.2) is 30.6 Å². The molecule has 2 aliphatic heterocycles. The Labute approximate surface area is 181 Å². The summed E-state index contributed by atoms with van der Waals surface area (Å²) >= 11 is 0. The molecular weight excluding hydrogens is 438 g/mol. The van der Waals surface area contributed by atoms with Crippen LogP contribution in [-0.4, -0.2) is 85.9 Å². The first-order valence-corrected chi connectivity index (χ1v) is 9.42. The van der Waals surface area contributed by atoms with E-state index in [9.17, 15) is 28.8 Å². The maximum Gasteiger partial charge on any atom is 0.415 e. The maximum absolute atomic E-state index is 11.7. The van der Waals surface area contributed by atoms with E-state index in [1.807, 2.05) is 0 Å². The molecule has 0 saturated carbocycles. The number of hydrogen-bond acceptors (Lipinski definition) is 13. The van der Waals surface area contributed by atoms with Gasteiger partial charge in [0.2, 0.25) is 0 Å². The van der Waals surface area contributed by atoms with Crippen molar-refractivity contribution in [3.8, 4) is 0 Å². The molecule has 0 aromatic rings. The molecule has 1 amide bonds. The summed E-state index contributed by atoms with van der Waals surface area (Å²) in [7, 11) is 0. The zero-order valence-electron chi connectivity index (χ0n) is 17.7. The van der Waals surface area contributed by atoms with Crippen molar-refractivity contribution in [2.75, 3.05) is 13.2 Å². The van der Waals surface area contributed by atoms with Gasteiger partial charge in [-0.05, 0) is 0 Å². The molecule has 0 aromatic carbocycles. The normalized spacial score (nSPS) is 29.4. The van der Waals surface area contributed by atoms with E-state index in [0.717, 1.165) is 27.7 Å². The molecule has 0 bridgehead atoms. The number of cyclic esters (lactones) is 2. The van der Waals surface area contributed by atoms with Crippen LogP contribution in [-0.2, 0) is 57.1 Å². The Morgan fingerprint density at radius 1 is 0.812 bits per heavy atom. The van der Waals surface area contributed by atoms with Gasteiger partial charge in [-0.3, -0.25) is 19.2 Å². The zero-order valence-corrected chi connectivity index (χ0v) is 17.7. The van der Waals surface area contributed by atoms with E-state index in [1.165, 1.54) is 0 Å². The highest BCUT2D eigenvalue weighted by Gasteiger charge is 2.53. The van der Waals surface area contributed by atoms with Crippen LogP contribution in [0.15, 0.2) is 0 Å². The van der Waals surface area contributed by atoms with Gasteiger partial charge in [-0.25, -0.2) is 9.59 Å². The molecule has 0 radical (unpaired) electrons. The number of hydrogen-bond donors (Lipinski definition) is 1. The first kappa shape index (κ1) is 25.0. The predicted octanol–water partition coefficient (Wildman–Crippen LogP) is -1.28. The van der Waals surface area contributed by atoms with Gasteiger partial charge < -0.3 is 38.5 Å². The molecule has 14 nitrogen and oxygen atoms in total. The second-order valence-corrected chi connectivity index (χ2v) is 6.81. The summed E-state index contributed by atoms with van der Waals surface area (Å²) in [5.74, 6) is -3.96. The van der Waals surface area contributed by atoms with Crippen molar-refractivity contribution in [1.29, 1.82) is 0 Å². The van der Waals surface area contributed by atoms with Crippen LogP contribution >= 0.6 is 0 Å². The molecule has 0 aliphatic carbocycles. The molecule has 0 aromatic heterocycles. The monoisotopic (exact) mass is 461 g/mol. The summed E-state index contributed by atoms with van der Waals surface area (Å²) in [5, 5.41) is 2.21. The molecule has 2 fully saturated rings. The van der Waals surface area contributed by atoms with Crippen molar-refractivity contribution >= 4 is 35.9 Å². The number of carbonyl (C=O) groups excluding carboxylic acids is 6. The largest absolute Gasteiger partial charge is 0.463 e. The summed E-state index contributed by atoms with van der Waals surface area (Å²) < 4.78 is 36.1. The second-order valence-electron chi connectivity index (χ2n) is 6.81. The third kappa shape index (κ3) is 6.88. The van der Waals surface area contributed by atoms with Crippen molar-refractivity contribution in [2.24, 2.45) is 0 Å². The number of esters is 5. The van der Waals surface area contributed by atoms with E-state index >= 15 is 0 Å². The Balaban J connectivity index is 2.32. The highest BCUT2D eigenvalue weighted by atomic mass is 16.7. The van der Waals surface area contributed by atoms with Gasteiger partial charge in [-0.1, -0.05) is 0 Å². The summed E-state index contributed by atoms with van der Waals surface area (Å²) in [5.41, 5.74) is 0. The van der Waals surface area contributed by atoms with Crippen molar-refractivity contribution < 1.29 is 61.9 Å². The lowest BCUT2D eigenvalue weighted by Crippen LogP contribution is -2.63. The van der Waals surface area contributed by atoms with Crippen LogP contribution in [0.25, 0.3) is 0 Å². The Morgan fingerprint density at radius 3 is 1.88 bits per heavy atom. The SMILES string of the molecule is CC(=O)OC[C@H]1O[C@@H](OCC2NC(=O)OC2=O)[C@H](OC(C)=O)[C@@H](OC(C)=O)[C@@H]1OC(C)=O. The Kier molecular flexibility index (Phi) is 8.48. The molecule has 2 aliphatic rings. The van der Waals surface area contributed by atoms with Crippen molar-refractivity contribution in [2.45, 2.75) is 64.4 Å². The van der Waals surface area contributed by atoms with E-state index in [0.29, 0.717) is 0 Å². The standard InChI is InChI=1S/C18H23NO13/c1-7(20)26-6-12-13(28-8(2)21)14(29-9(3)22)15(30-10(4)23)17(31-12)27-5-11-16(24)32-18(25)19-11/h11-15,17H,5-6H2,1-4H3,(H,19,25)/t11?,12-,13-,14+,15-,17-/m1/s1. The van der Waals surface area contributed by atoms with E-state index in [4.69, 9.17) is 28.4 Å². The highest BCUT2D eigenvalue weighted by molar-refractivity contribution is 5.95. The number of rotatable bonds is 8. The van der Waals surface area contributed by atoms with Gasteiger partial charge in [0, 0.05) is 27.7 Å². The molecule has 14 heteroatoms. The fraction of sp³-hybridized carbons (Fsp3) is 0.667. The van der Waals surface area contributed by atoms with Crippen molar-refractivity contribution in [3.05, 3.63) is 0 Å². The van der Waals surface area contributed by atoms with Gasteiger partial charge in [0.25, 0.3) is 0 Å². The molecule has 32 heavy (non-hydrogen) atoms. The number of carbonyl (C=O) groups is 6. The second kappa shape index (κ2) is 10.9. The molecule has 1 unspecified atom stereocenters. The Bertz CT molecular complexity index is 781. The molecule has 1 N–H and O–H groups in total. The van der Waals surface area contributed by atoms with Crippen LogP contribution in [0, 0.1) is 0 Å². The Hall–Kier alpha value is -3.26. The smallest absolute Gasteiger partial charge is 0.415 e. The molecule has 2 heterocycles. The van der Waals surface area contributed by atoms with Crippen LogP contribution in [0.5, 0.6) is 0 Å². The average molecular weight is 461 g/mol. The van der Waals surface area contributed by atoms with E-state index in [2.05, 4.69) is 10.1 Å². The molecular formula is C18H23NO13. The summed E-state index contributed by atoms with van der Waals surface area (Å²) in [6.45, 7) is 3.48. The number of nitrogens with one attached hydrogen (secondary N) is 1. The summed E-state index contributed by atoms with van der Waals surface area (Å²) in [6.07, 6.45) is -7.83. The number of amides is 1. The molecule has 0 spiro atoms. The van der Waals surface area contributed by atoms with Crippen molar-refractivity contribution in [3.63, 3.8) is 0 Å². The zero-order chi connectivity index (χ0) is 24.0. The fourth-order valence-electron chi connectivity index (χ4n) is 3.02. The predicted molar refractivity (Wildman–Crippen MR) is 96.3 cm³/mol. The lowest BCUT2D eigenvalue weighted by atomic mass is 9.98. The minimum absolute atomic E-state index is 0.431. The fourth-order valence-corrected chi connectivity index (χ4v) is 3.02. The average Bonchev–Trinajstić information content (AvgIpc) is 2.98. The minimum atomic E-state index is -1.47. The van der Waals surface area contributed by atoms with Gasteiger partial charge in [0.1, 0.15) is 12.7 Å². The van der Waals surface area contributed by atoms with Crippen molar-refractivity contribution in [1.82, 2.24) is 5.32 Å². The van der Waals surface area contributed by atoms with Gasteiger partial charge in [0.05, 0.1) is 6.61 Å². The number of alkyl carbamates (subject to hydrolysis) is 1. The first-order valence-electron chi connectivity index (χ1n) is 9.42. The van der Waals surface area contributed by atoms with Crippen LogP contribution in [0.3, 0.4) is 0 Å². The quantitative estimate of drug-likeness (QED) is 0.257. The van der Waals surface area contributed by atoms with Crippen LogP contribution in [0.1, 0.15) is 27.7 Å². The highest BCUT2D eigenvalue weighted by Crippen LogP contribution is 2.30. The summed E-state index contributed by atoms with van der Waals surface area (Å²) in [4.78, 5) is 69.2. The Morgan fingerprint density at radius 2 is 1.38 bits per heavy atom. The van der Waals surface area contributed by atoms with Gasteiger partial charge >= 0.3 is 35.9 Å². The molecule has 178 valence electrons. The number of ether oxygens (including phenoxy) is 7. The van der Waals surface area contributed by atoms with Crippen LogP contribution in [0.4, 0.5) is 4.79 Å². The molecule has 2 rings (SSSR count). The summed E-state index contributed by atoms with van der Waals surface area (Å²) in [6, 6.07) is -1.17. The topological polar surface area (TPSA) is 179 Å². The molecule has 6 atom stereocenters. The van der Waals surface area contributed by atoms with Crippen LogP contribution in [0.2, 0.25) is 0 Å². The first-order chi connectivity index (χ1) is 15.0. The van der Waals surface area contributed by atoms with E-state index in [1.54, 1.807) is 0 Å². The minimum Gasteiger partial charge on any atom is -0.463 e. The third-order valence-electron chi connectivity index (χ3n) is 4.15. The van der Waals surface area contributed by atoms with E-state index < -0.39 is 85.9 Å². The van der Waals surface area contributed by atoms with Crippen LogP contribution < -0.4 is 5.32 Å². The van der Waals surface area contributed by atoms with Gasteiger partial charge in [-0.2, -0.15) is 0 Å². The third-order valence-corrected chi connectivity index (χ3v) is 4.15. The van der Waals surface area contributed by atoms with E-state index in [-0.39, 0.29) is 0 Å². The van der Waals surface area contributed by atoms with Gasteiger partial charge in [-0.15, -0.1) is 0 Å². The molecule has 2 saturated heterocycles.